The molecule has 1 fully saturated rings. The first-order chi connectivity index (χ1) is 9.15. The van der Waals surface area contributed by atoms with Crippen molar-refractivity contribution in [3.05, 3.63) is 0 Å². The van der Waals surface area contributed by atoms with Gasteiger partial charge in [-0.1, -0.05) is 33.6 Å². The second-order valence-electron chi connectivity index (χ2n) is 6.70. The predicted molar refractivity (Wildman–Crippen MR) is 85.7 cm³/mol. The molecular weight excluding hydrogens is 232 g/mol. The Morgan fingerprint density at radius 1 is 1.11 bits per heavy atom. The summed E-state index contributed by atoms with van der Waals surface area (Å²) >= 11 is 0. The Balaban J connectivity index is 2.36. The average Bonchev–Trinajstić information content (AvgIpc) is 2.88. The van der Waals surface area contributed by atoms with Gasteiger partial charge in [-0.2, -0.15) is 0 Å². The minimum Gasteiger partial charge on any atom is -0.317 e. The van der Waals surface area contributed by atoms with Gasteiger partial charge in [0.25, 0.3) is 0 Å². The van der Waals surface area contributed by atoms with E-state index in [2.05, 4.69) is 37.9 Å². The molecule has 2 nitrogen and oxygen atoms in total. The summed E-state index contributed by atoms with van der Waals surface area (Å²) in [4.78, 5) is 2.83. The Hall–Kier alpha value is -0.0800. The predicted octanol–water partition coefficient (Wildman–Crippen LogP) is 4.06. The Morgan fingerprint density at radius 3 is 2.37 bits per heavy atom. The largest absolute Gasteiger partial charge is 0.317 e. The van der Waals surface area contributed by atoms with Crippen LogP contribution in [0.3, 0.4) is 0 Å². The Kier molecular flexibility index (Phi) is 8.72. The van der Waals surface area contributed by atoms with E-state index >= 15 is 0 Å². The zero-order valence-corrected chi connectivity index (χ0v) is 13.8. The number of rotatable bonds is 10. The summed E-state index contributed by atoms with van der Waals surface area (Å²) in [5.74, 6) is 0.831. The molecule has 0 radical (unpaired) electrons. The molecule has 1 aliphatic carbocycles. The van der Waals surface area contributed by atoms with Crippen LogP contribution in [0.2, 0.25) is 0 Å². The summed E-state index contributed by atoms with van der Waals surface area (Å²) in [5.41, 5.74) is 0. The van der Waals surface area contributed by atoms with Crippen molar-refractivity contribution < 1.29 is 0 Å². The van der Waals surface area contributed by atoms with Gasteiger partial charge in [0.15, 0.2) is 0 Å². The molecule has 1 aliphatic rings. The van der Waals surface area contributed by atoms with Crippen LogP contribution >= 0.6 is 0 Å². The van der Waals surface area contributed by atoms with E-state index < -0.39 is 0 Å². The zero-order chi connectivity index (χ0) is 14.1. The van der Waals surface area contributed by atoms with Crippen molar-refractivity contribution >= 4 is 0 Å². The lowest BCUT2D eigenvalue weighted by Gasteiger charge is -2.35. The first kappa shape index (κ1) is 17.0. The Labute approximate surface area is 121 Å². The quantitative estimate of drug-likeness (QED) is 0.601. The van der Waals surface area contributed by atoms with Crippen molar-refractivity contribution in [2.24, 2.45) is 5.92 Å². The second-order valence-corrected chi connectivity index (χ2v) is 6.70. The number of hydrogen-bond donors (Lipinski definition) is 1. The molecule has 0 saturated heterocycles. The maximum absolute atomic E-state index is 3.44. The van der Waals surface area contributed by atoms with Crippen molar-refractivity contribution in [2.75, 3.05) is 19.6 Å². The van der Waals surface area contributed by atoms with Crippen LogP contribution in [0.25, 0.3) is 0 Å². The SMILES string of the molecule is CCNCCCC(C)N(CCC(C)C)C1CCCC1. The minimum absolute atomic E-state index is 0.764. The van der Waals surface area contributed by atoms with E-state index in [0.29, 0.717) is 0 Å². The van der Waals surface area contributed by atoms with Crippen LogP contribution in [0, 0.1) is 5.92 Å². The summed E-state index contributed by atoms with van der Waals surface area (Å²) < 4.78 is 0. The maximum Gasteiger partial charge on any atom is 0.00980 e. The molecule has 0 aromatic carbocycles. The van der Waals surface area contributed by atoms with Crippen LogP contribution in [-0.2, 0) is 0 Å². The third-order valence-electron chi connectivity index (χ3n) is 4.55. The van der Waals surface area contributed by atoms with Gasteiger partial charge in [0.05, 0.1) is 0 Å². The molecule has 2 heteroatoms. The monoisotopic (exact) mass is 268 g/mol. The zero-order valence-electron chi connectivity index (χ0n) is 13.8. The Morgan fingerprint density at radius 2 is 1.79 bits per heavy atom. The van der Waals surface area contributed by atoms with E-state index in [1.807, 2.05) is 0 Å². The van der Waals surface area contributed by atoms with Gasteiger partial charge < -0.3 is 5.32 Å². The van der Waals surface area contributed by atoms with Gasteiger partial charge in [-0.25, -0.2) is 0 Å². The van der Waals surface area contributed by atoms with E-state index in [-0.39, 0.29) is 0 Å². The van der Waals surface area contributed by atoms with Crippen molar-refractivity contribution in [3.8, 4) is 0 Å². The molecule has 114 valence electrons. The molecule has 1 saturated carbocycles. The summed E-state index contributed by atoms with van der Waals surface area (Å²) in [5, 5.41) is 3.44. The van der Waals surface area contributed by atoms with Gasteiger partial charge in [-0.15, -0.1) is 0 Å². The lowest BCUT2D eigenvalue weighted by molar-refractivity contribution is 0.129. The molecule has 0 amide bonds. The summed E-state index contributed by atoms with van der Waals surface area (Å²) in [6.45, 7) is 12.9. The van der Waals surface area contributed by atoms with E-state index in [1.165, 1.54) is 58.0 Å². The van der Waals surface area contributed by atoms with E-state index in [0.717, 1.165) is 24.5 Å². The van der Waals surface area contributed by atoms with Crippen LogP contribution in [0.15, 0.2) is 0 Å². The third-order valence-corrected chi connectivity index (χ3v) is 4.55. The maximum atomic E-state index is 3.44. The van der Waals surface area contributed by atoms with Gasteiger partial charge in [-0.05, 0) is 64.6 Å². The molecule has 19 heavy (non-hydrogen) atoms. The first-order valence-electron chi connectivity index (χ1n) is 8.61. The highest BCUT2D eigenvalue weighted by Crippen LogP contribution is 2.26. The molecule has 0 spiro atoms. The second kappa shape index (κ2) is 9.77. The van der Waals surface area contributed by atoms with Gasteiger partial charge in [0, 0.05) is 12.1 Å². The minimum atomic E-state index is 0.764. The molecule has 1 atom stereocenters. The van der Waals surface area contributed by atoms with Crippen LogP contribution in [0.5, 0.6) is 0 Å². The molecule has 0 heterocycles. The summed E-state index contributed by atoms with van der Waals surface area (Å²) in [7, 11) is 0. The third kappa shape index (κ3) is 6.76. The van der Waals surface area contributed by atoms with Crippen molar-refractivity contribution in [1.82, 2.24) is 10.2 Å². The summed E-state index contributed by atoms with van der Waals surface area (Å²) in [6, 6.07) is 1.65. The highest BCUT2D eigenvalue weighted by Gasteiger charge is 2.25. The van der Waals surface area contributed by atoms with E-state index in [9.17, 15) is 0 Å². The van der Waals surface area contributed by atoms with Crippen LogP contribution in [-0.4, -0.2) is 36.6 Å². The topological polar surface area (TPSA) is 15.3 Å². The molecule has 0 aromatic rings. The number of hydrogen-bond acceptors (Lipinski definition) is 2. The van der Waals surface area contributed by atoms with Gasteiger partial charge >= 0.3 is 0 Å². The number of nitrogens with one attached hydrogen (secondary N) is 1. The van der Waals surface area contributed by atoms with Crippen molar-refractivity contribution in [2.45, 2.75) is 84.7 Å². The van der Waals surface area contributed by atoms with Crippen LogP contribution in [0.4, 0.5) is 0 Å². The molecule has 1 unspecified atom stereocenters. The average molecular weight is 268 g/mol. The highest BCUT2D eigenvalue weighted by atomic mass is 15.2. The van der Waals surface area contributed by atoms with Crippen molar-refractivity contribution in [3.63, 3.8) is 0 Å². The van der Waals surface area contributed by atoms with Gasteiger partial charge in [0.1, 0.15) is 0 Å². The van der Waals surface area contributed by atoms with Crippen LogP contribution < -0.4 is 5.32 Å². The van der Waals surface area contributed by atoms with E-state index in [4.69, 9.17) is 0 Å². The standard InChI is InChI=1S/C17H36N2/c1-5-18-13-8-9-16(4)19(14-12-15(2)3)17-10-6-7-11-17/h15-18H,5-14H2,1-4H3. The van der Waals surface area contributed by atoms with Gasteiger partial charge in [0.2, 0.25) is 0 Å². The fraction of sp³-hybridized carbons (Fsp3) is 1.00. The first-order valence-corrected chi connectivity index (χ1v) is 8.61. The Bertz CT molecular complexity index is 209. The molecular formula is C17H36N2. The molecule has 0 bridgehead atoms. The van der Waals surface area contributed by atoms with Crippen molar-refractivity contribution in [1.29, 1.82) is 0 Å². The lowest BCUT2D eigenvalue weighted by atomic mass is 10.0. The smallest absolute Gasteiger partial charge is 0.00980 e. The summed E-state index contributed by atoms with van der Waals surface area (Å²) in [6.07, 6.45) is 9.81. The lowest BCUT2D eigenvalue weighted by Crippen LogP contribution is -2.41. The fourth-order valence-corrected chi connectivity index (χ4v) is 3.27. The number of nitrogens with zero attached hydrogens (tertiary/aromatic N) is 1. The highest BCUT2D eigenvalue weighted by molar-refractivity contribution is 4.81. The van der Waals surface area contributed by atoms with E-state index in [1.54, 1.807) is 0 Å². The fourth-order valence-electron chi connectivity index (χ4n) is 3.27. The molecule has 1 rings (SSSR count). The molecule has 1 N–H and O–H groups in total. The normalized spacial score (nSPS) is 18.6. The van der Waals surface area contributed by atoms with Gasteiger partial charge in [-0.3, -0.25) is 4.90 Å². The molecule has 0 aliphatic heterocycles. The van der Waals surface area contributed by atoms with Crippen LogP contribution in [0.1, 0.15) is 72.6 Å². The molecule has 0 aromatic heterocycles.